The lowest BCUT2D eigenvalue weighted by Crippen LogP contribution is -2.41. The van der Waals surface area contributed by atoms with Gasteiger partial charge in [-0.3, -0.25) is 4.79 Å². The average molecular weight is 441 g/mol. The van der Waals surface area contributed by atoms with Crippen molar-refractivity contribution >= 4 is 29.2 Å². The summed E-state index contributed by atoms with van der Waals surface area (Å²) in [6.07, 6.45) is 1.45. The molecule has 0 atom stereocenters. The van der Waals surface area contributed by atoms with Crippen LogP contribution in [0.4, 0.5) is 11.7 Å². The molecule has 31 heavy (non-hydrogen) atoms. The highest BCUT2D eigenvalue weighted by molar-refractivity contribution is 6.31. The van der Waals surface area contributed by atoms with Crippen LogP contribution >= 0.6 is 11.6 Å². The Labute approximate surface area is 186 Å². The number of hydrogen-bond acceptors (Lipinski definition) is 6. The minimum absolute atomic E-state index is 0.0522. The number of aromatic nitrogens is 2. The molecule has 3 aromatic rings. The largest absolute Gasteiger partial charge is 0.497 e. The van der Waals surface area contributed by atoms with Crippen LogP contribution in [-0.2, 0) is 4.79 Å². The fourth-order valence-electron chi connectivity index (χ4n) is 3.86. The summed E-state index contributed by atoms with van der Waals surface area (Å²) in [5.74, 6) is 1.36. The zero-order valence-corrected chi connectivity index (χ0v) is 18.6. The number of methoxy groups -OCH3 is 1. The van der Waals surface area contributed by atoms with Gasteiger partial charge >= 0.3 is 6.01 Å². The topological polar surface area (TPSA) is 71.7 Å². The van der Waals surface area contributed by atoms with Crippen molar-refractivity contribution in [1.29, 1.82) is 0 Å². The zero-order valence-electron chi connectivity index (χ0n) is 17.8. The van der Waals surface area contributed by atoms with Crippen molar-refractivity contribution in [2.75, 3.05) is 37.0 Å². The summed E-state index contributed by atoms with van der Waals surface area (Å²) < 4.78 is 10.7. The van der Waals surface area contributed by atoms with Crippen LogP contribution in [0.5, 0.6) is 5.75 Å². The van der Waals surface area contributed by atoms with E-state index in [1.807, 2.05) is 61.3 Å². The molecule has 1 saturated heterocycles. The molecule has 0 radical (unpaired) electrons. The standard InChI is InChI=1S/C23H25ClN4O3/c1-15-4-7-18(24)14-20(15)27(2)22(29)17-10-12-28(13-11-17)23-25-21(26-31-23)16-5-8-19(30-3)9-6-16/h4-9,14,17H,10-13H2,1-3H3. The summed E-state index contributed by atoms with van der Waals surface area (Å²) in [6, 6.07) is 13.6. The van der Waals surface area contributed by atoms with Gasteiger partial charge in [-0.1, -0.05) is 22.8 Å². The Morgan fingerprint density at radius 1 is 1.19 bits per heavy atom. The first-order valence-corrected chi connectivity index (χ1v) is 10.6. The molecule has 1 amide bonds. The molecular weight excluding hydrogens is 416 g/mol. The first kappa shape index (κ1) is 21.2. The summed E-state index contributed by atoms with van der Waals surface area (Å²) >= 11 is 6.13. The second-order valence-corrected chi connectivity index (χ2v) is 8.15. The number of piperidine rings is 1. The number of amides is 1. The van der Waals surface area contributed by atoms with Gasteiger partial charge in [0, 0.05) is 42.3 Å². The Kier molecular flexibility index (Phi) is 6.13. The lowest BCUT2D eigenvalue weighted by atomic mass is 9.95. The van der Waals surface area contributed by atoms with Gasteiger partial charge in [0.25, 0.3) is 0 Å². The fraction of sp³-hybridized carbons (Fsp3) is 0.348. The number of ether oxygens (including phenoxy) is 1. The highest BCUT2D eigenvalue weighted by Gasteiger charge is 2.30. The van der Waals surface area contributed by atoms with Crippen LogP contribution < -0.4 is 14.5 Å². The minimum atomic E-state index is -0.0522. The molecule has 0 bridgehead atoms. The van der Waals surface area contributed by atoms with Crippen molar-refractivity contribution in [3.05, 3.63) is 53.1 Å². The van der Waals surface area contributed by atoms with Gasteiger partial charge in [-0.2, -0.15) is 4.98 Å². The number of halogens is 1. The van der Waals surface area contributed by atoms with Gasteiger partial charge in [0.05, 0.1) is 7.11 Å². The Bertz CT molecular complexity index is 1060. The Balaban J connectivity index is 1.39. The van der Waals surface area contributed by atoms with Gasteiger partial charge in [-0.15, -0.1) is 0 Å². The summed E-state index contributed by atoms with van der Waals surface area (Å²) in [5, 5.41) is 4.73. The van der Waals surface area contributed by atoms with Crippen molar-refractivity contribution in [3.63, 3.8) is 0 Å². The van der Waals surface area contributed by atoms with Gasteiger partial charge in [-0.05, 0) is 61.7 Å². The van der Waals surface area contributed by atoms with Crippen LogP contribution in [0.25, 0.3) is 11.4 Å². The maximum absolute atomic E-state index is 13.0. The summed E-state index contributed by atoms with van der Waals surface area (Å²) in [4.78, 5) is 21.3. The number of carbonyl (C=O) groups excluding carboxylic acids is 1. The van der Waals surface area contributed by atoms with E-state index in [0.29, 0.717) is 30.0 Å². The van der Waals surface area contributed by atoms with Gasteiger partial charge in [0.1, 0.15) is 5.75 Å². The average Bonchev–Trinajstić information content (AvgIpc) is 3.30. The second kappa shape index (κ2) is 8.98. The smallest absolute Gasteiger partial charge is 0.324 e. The molecule has 0 aliphatic carbocycles. The van der Waals surface area contributed by atoms with E-state index in [4.69, 9.17) is 20.9 Å². The third-order valence-corrected chi connectivity index (χ3v) is 5.98. The quantitative estimate of drug-likeness (QED) is 0.578. The van der Waals surface area contributed by atoms with Crippen molar-refractivity contribution in [2.45, 2.75) is 19.8 Å². The predicted octanol–water partition coefficient (Wildman–Crippen LogP) is 4.59. The number of anilines is 2. The maximum Gasteiger partial charge on any atom is 0.324 e. The van der Waals surface area contributed by atoms with Crippen molar-refractivity contribution in [3.8, 4) is 17.1 Å². The van der Waals surface area contributed by atoms with Crippen LogP contribution in [0, 0.1) is 12.8 Å². The predicted molar refractivity (Wildman–Crippen MR) is 121 cm³/mol. The number of aryl methyl sites for hydroxylation is 1. The van der Waals surface area contributed by atoms with Crippen molar-refractivity contribution in [1.82, 2.24) is 10.1 Å². The van der Waals surface area contributed by atoms with Gasteiger partial charge in [-0.25, -0.2) is 0 Å². The summed E-state index contributed by atoms with van der Waals surface area (Å²) in [5.41, 5.74) is 2.73. The van der Waals surface area contributed by atoms with Crippen LogP contribution in [0.3, 0.4) is 0 Å². The Hall–Kier alpha value is -3.06. The van der Waals surface area contributed by atoms with Crippen LogP contribution in [0.2, 0.25) is 5.02 Å². The molecular formula is C23H25ClN4O3. The van der Waals surface area contributed by atoms with Gasteiger partial charge < -0.3 is 19.1 Å². The molecule has 1 aromatic heterocycles. The van der Waals surface area contributed by atoms with Crippen molar-refractivity contribution in [2.24, 2.45) is 5.92 Å². The minimum Gasteiger partial charge on any atom is -0.497 e. The molecule has 0 spiro atoms. The summed E-state index contributed by atoms with van der Waals surface area (Å²) in [7, 11) is 3.44. The first-order valence-electron chi connectivity index (χ1n) is 10.2. The highest BCUT2D eigenvalue weighted by Crippen LogP contribution is 2.29. The van der Waals surface area contributed by atoms with E-state index >= 15 is 0 Å². The molecule has 2 heterocycles. The SMILES string of the molecule is COc1ccc(-c2noc(N3CCC(C(=O)N(C)c4cc(Cl)ccc4C)CC3)n2)cc1. The van der Waals surface area contributed by atoms with Crippen LogP contribution in [0.1, 0.15) is 18.4 Å². The van der Waals surface area contributed by atoms with E-state index in [9.17, 15) is 4.79 Å². The lowest BCUT2D eigenvalue weighted by Gasteiger charge is -2.32. The highest BCUT2D eigenvalue weighted by atomic mass is 35.5. The zero-order chi connectivity index (χ0) is 22.0. The molecule has 2 aromatic carbocycles. The number of nitrogens with zero attached hydrogens (tertiary/aromatic N) is 4. The Morgan fingerprint density at radius 3 is 2.58 bits per heavy atom. The number of carbonyl (C=O) groups is 1. The molecule has 8 heteroatoms. The molecule has 7 nitrogen and oxygen atoms in total. The molecule has 1 aliphatic heterocycles. The first-order chi connectivity index (χ1) is 15.0. The number of hydrogen-bond donors (Lipinski definition) is 0. The third-order valence-electron chi connectivity index (χ3n) is 5.74. The lowest BCUT2D eigenvalue weighted by molar-refractivity contribution is -0.122. The van der Waals surface area contributed by atoms with E-state index in [1.165, 1.54) is 0 Å². The van der Waals surface area contributed by atoms with Gasteiger partial charge in [0.15, 0.2) is 0 Å². The van der Waals surface area contributed by atoms with Gasteiger partial charge in [0.2, 0.25) is 11.7 Å². The molecule has 4 rings (SSSR count). The molecule has 0 saturated carbocycles. The van der Waals surface area contributed by atoms with Crippen LogP contribution in [0.15, 0.2) is 47.0 Å². The molecule has 162 valence electrons. The number of benzene rings is 2. The Morgan fingerprint density at radius 2 is 1.90 bits per heavy atom. The van der Waals surface area contributed by atoms with Crippen LogP contribution in [-0.4, -0.2) is 43.3 Å². The number of rotatable bonds is 5. The maximum atomic E-state index is 13.0. The van der Waals surface area contributed by atoms with E-state index in [-0.39, 0.29) is 11.8 Å². The fourth-order valence-corrected chi connectivity index (χ4v) is 4.02. The summed E-state index contributed by atoms with van der Waals surface area (Å²) in [6.45, 7) is 3.35. The van der Waals surface area contributed by atoms with E-state index in [2.05, 4.69) is 10.1 Å². The molecule has 1 aliphatic rings. The molecule has 1 fully saturated rings. The van der Waals surface area contributed by atoms with Crippen molar-refractivity contribution < 1.29 is 14.1 Å². The normalized spacial score (nSPS) is 14.5. The van der Waals surface area contributed by atoms with E-state index in [0.717, 1.165) is 35.4 Å². The molecule has 0 N–H and O–H groups in total. The third kappa shape index (κ3) is 4.51. The molecule has 0 unspecified atom stereocenters. The van der Waals surface area contributed by atoms with E-state index in [1.54, 1.807) is 12.0 Å². The monoisotopic (exact) mass is 440 g/mol. The second-order valence-electron chi connectivity index (χ2n) is 7.72. The van der Waals surface area contributed by atoms with E-state index < -0.39 is 0 Å².